The number of benzene rings is 1. The van der Waals surface area contributed by atoms with E-state index in [1.165, 1.54) is 12.1 Å². The molecular weight excluding hydrogens is 251 g/mol. The van der Waals surface area contributed by atoms with Gasteiger partial charge < -0.3 is 20.6 Å². The summed E-state index contributed by atoms with van der Waals surface area (Å²) in [7, 11) is 0. The molecule has 0 saturated carbocycles. The second kappa shape index (κ2) is 6.08. The van der Waals surface area contributed by atoms with E-state index < -0.39 is 12.4 Å². The molecule has 1 aromatic carbocycles. The van der Waals surface area contributed by atoms with Crippen molar-refractivity contribution in [3.05, 3.63) is 17.7 Å². The van der Waals surface area contributed by atoms with Crippen LogP contribution in [0.1, 0.15) is 18.0 Å². The van der Waals surface area contributed by atoms with Crippen molar-refractivity contribution in [2.75, 3.05) is 32.9 Å². The van der Waals surface area contributed by atoms with Crippen LogP contribution in [0, 0.1) is 0 Å². The van der Waals surface area contributed by atoms with E-state index in [9.17, 15) is 19.7 Å². The average molecular weight is 270 g/mol. The molecule has 0 spiro atoms. The number of aromatic hydroxyl groups is 3. The van der Waals surface area contributed by atoms with E-state index in [-0.39, 0.29) is 24.0 Å². The minimum atomic E-state index is -0.545. The van der Waals surface area contributed by atoms with Crippen LogP contribution in [0.25, 0.3) is 0 Å². The van der Waals surface area contributed by atoms with Crippen LogP contribution in [0.2, 0.25) is 0 Å². The highest BCUT2D eigenvalue weighted by Gasteiger charge is 2.26. The summed E-state index contributed by atoms with van der Waals surface area (Å²) in [6.07, 6.45) is 0.248. The van der Waals surface area contributed by atoms with E-state index in [4.69, 9.17) is 0 Å². The lowest BCUT2D eigenvalue weighted by molar-refractivity contribution is 0.154. The van der Waals surface area contributed by atoms with Crippen molar-refractivity contribution in [2.45, 2.75) is 12.5 Å². The molecule has 1 saturated heterocycles. The topological polar surface area (TPSA) is 76.0 Å². The van der Waals surface area contributed by atoms with Crippen LogP contribution < -0.4 is 5.32 Å². The molecule has 106 valence electrons. The molecule has 0 bridgehead atoms. The molecule has 5 nitrogen and oxygen atoms in total. The number of alkyl halides is 1. The molecule has 0 amide bonds. The summed E-state index contributed by atoms with van der Waals surface area (Å²) >= 11 is 0. The van der Waals surface area contributed by atoms with Gasteiger partial charge in [0.1, 0.15) is 0 Å². The van der Waals surface area contributed by atoms with Crippen LogP contribution in [0.4, 0.5) is 4.39 Å². The van der Waals surface area contributed by atoms with Gasteiger partial charge >= 0.3 is 0 Å². The molecule has 0 aliphatic carbocycles. The monoisotopic (exact) mass is 270 g/mol. The molecule has 1 aliphatic heterocycles. The lowest BCUT2D eigenvalue weighted by Crippen LogP contribution is -2.45. The molecule has 0 aromatic heterocycles. The molecule has 1 fully saturated rings. The maximum Gasteiger partial charge on any atom is 0.200 e. The molecule has 0 unspecified atom stereocenters. The normalized spacial score (nSPS) is 18.4. The second-order valence-corrected chi connectivity index (χ2v) is 4.65. The molecular formula is C13H19FN2O3. The summed E-state index contributed by atoms with van der Waals surface area (Å²) < 4.78 is 12.8. The third-order valence-electron chi connectivity index (χ3n) is 3.50. The maximum atomic E-state index is 12.8. The first kappa shape index (κ1) is 13.9. The highest BCUT2D eigenvalue weighted by molar-refractivity contribution is 5.54. The van der Waals surface area contributed by atoms with Gasteiger partial charge in [0, 0.05) is 37.8 Å². The first-order valence-corrected chi connectivity index (χ1v) is 6.39. The van der Waals surface area contributed by atoms with Gasteiger partial charge in [0.2, 0.25) is 5.75 Å². The lowest BCUT2D eigenvalue weighted by atomic mass is 9.99. The van der Waals surface area contributed by atoms with Gasteiger partial charge in [0.25, 0.3) is 0 Å². The average Bonchev–Trinajstić information content (AvgIpc) is 2.44. The van der Waals surface area contributed by atoms with Crippen molar-refractivity contribution in [3.8, 4) is 17.2 Å². The van der Waals surface area contributed by atoms with Gasteiger partial charge in [-0.15, -0.1) is 0 Å². The van der Waals surface area contributed by atoms with Gasteiger partial charge in [-0.3, -0.25) is 9.29 Å². The summed E-state index contributed by atoms with van der Waals surface area (Å²) in [6.45, 7) is 2.63. The van der Waals surface area contributed by atoms with Crippen LogP contribution in [0.5, 0.6) is 17.2 Å². The predicted octanol–water partition coefficient (Wildman–Crippen LogP) is 1.11. The number of nitrogens with zero attached hydrogens (tertiary/aromatic N) is 1. The number of nitrogens with one attached hydrogen (secondary N) is 1. The summed E-state index contributed by atoms with van der Waals surface area (Å²) in [4.78, 5) is 2.07. The fraction of sp³-hybridized carbons (Fsp3) is 0.538. The molecule has 1 aliphatic rings. The molecule has 1 aromatic rings. The third kappa shape index (κ3) is 2.90. The quantitative estimate of drug-likeness (QED) is 0.617. The zero-order valence-electron chi connectivity index (χ0n) is 10.6. The van der Waals surface area contributed by atoms with E-state index in [2.05, 4.69) is 10.2 Å². The number of rotatable bonds is 4. The van der Waals surface area contributed by atoms with Crippen molar-refractivity contribution in [1.82, 2.24) is 10.2 Å². The highest BCUT2D eigenvalue weighted by atomic mass is 19.1. The molecule has 19 heavy (non-hydrogen) atoms. The Balaban J connectivity index is 2.30. The Kier molecular flexibility index (Phi) is 4.44. The van der Waals surface area contributed by atoms with Crippen LogP contribution in [-0.2, 0) is 0 Å². The lowest BCUT2D eigenvalue weighted by Gasteiger charge is -2.35. The fourth-order valence-corrected chi connectivity index (χ4v) is 2.49. The van der Waals surface area contributed by atoms with Gasteiger partial charge in [-0.1, -0.05) is 0 Å². The van der Waals surface area contributed by atoms with Crippen molar-refractivity contribution in [3.63, 3.8) is 0 Å². The smallest absolute Gasteiger partial charge is 0.200 e. The minimum absolute atomic E-state index is 0.248. The number of hydrogen-bond donors (Lipinski definition) is 4. The Morgan fingerprint density at radius 1 is 1.16 bits per heavy atom. The maximum absolute atomic E-state index is 12.8. The van der Waals surface area contributed by atoms with Gasteiger partial charge in [0.15, 0.2) is 11.5 Å². The van der Waals surface area contributed by atoms with E-state index in [1.54, 1.807) is 0 Å². The Labute approximate surface area is 111 Å². The summed E-state index contributed by atoms with van der Waals surface area (Å²) in [5.41, 5.74) is 0.454. The van der Waals surface area contributed by atoms with Crippen LogP contribution in [0.15, 0.2) is 12.1 Å². The van der Waals surface area contributed by atoms with Gasteiger partial charge in [-0.25, -0.2) is 0 Å². The van der Waals surface area contributed by atoms with Crippen LogP contribution in [-0.4, -0.2) is 53.1 Å². The van der Waals surface area contributed by atoms with Gasteiger partial charge in [0.05, 0.1) is 6.67 Å². The first-order chi connectivity index (χ1) is 9.15. The Morgan fingerprint density at radius 3 is 2.47 bits per heavy atom. The van der Waals surface area contributed by atoms with E-state index in [0.29, 0.717) is 5.56 Å². The predicted molar refractivity (Wildman–Crippen MR) is 69.2 cm³/mol. The van der Waals surface area contributed by atoms with E-state index in [0.717, 1.165) is 26.2 Å². The molecule has 1 heterocycles. The number of phenolic OH excluding ortho intramolecular Hbond substituents is 3. The van der Waals surface area contributed by atoms with Crippen molar-refractivity contribution < 1.29 is 19.7 Å². The standard InChI is InChI=1S/C13H19FN2O3/c14-4-3-10(16-7-5-15-6-8-16)9-1-2-11(17)13(19)12(9)18/h1-2,10,15,17-19H,3-8H2/t10-/m1/s1. The number of phenols is 3. The van der Waals surface area contributed by atoms with Crippen LogP contribution in [0.3, 0.4) is 0 Å². The third-order valence-corrected chi connectivity index (χ3v) is 3.50. The first-order valence-electron chi connectivity index (χ1n) is 6.39. The zero-order chi connectivity index (χ0) is 13.8. The molecule has 1 atom stereocenters. The molecule has 2 rings (SSSR count). The van der Waals surface area contributed by atoms with Gasteiger partial charge in [-0.2, -0.15) is 0 Å². The summed E-state index contributed by atoms with van der Waals surface area (Å²) in [5, 5.41) is 32.1. The second-order valence-electron chi connectivity index (χ2n) is 4.65. The van der Waals surface area contributed by atoms with Crippen molar-refractivity contribution in [1.29, 1.82) is 0 Å². The molecule has 4 N–H and O–H groups in total. The largest absolute Gasteiger partial charge is 0.504 e. The van der Waals surface area contributed by atoms with Crippen molar-refractivity contribution >= 4 is 0 Å². The molecule has 6 heteroatoms. The van der Waals surface area contributed by atoms with E-state index >= 15 is 0 Å². The Morgan fingerprint density at radius 2 is 1.84 bits per heavy atom. The summed E-state index contributed by atoms with van der Waals surface area (Å²) in [5.74, 6) is -1.28. The van der Waals surface area contributed by atoms with Gasteiger partial charge in [-0.05, 0) is 18.6 Å². The zero-order valence-corrected chi connectivity index (χ0v) is 10.6. The fourth-order valence-electron chi connectivity index (χ4n) is 2.49. The van der Waals surface area contributed by atoms with Crippen molar-refractivity contribution in [2.24, 2.45) is 0 Å². The number of piperazine rings is 1. The Bertz CT molecular complexity index is 436. The summed E-state index contributed by atoms with van der Waals surface area (Å²) in [6, 6.07) is 2.56. The highest BCUT2D eigenvalue weighted by Crippen LogP contribution is 2.42. The SMILES string of the molecule is Oc1ccc([C@@H](CCF)N2CCNCC2)c(O)c1O. The molecule has 0 radical (unpaired) electrons. The van der Waals surface area contributed by atoms with Crippen LogP contribution >= 0.6 is 0 Å². The Hall–Kier alpha value is -1.53. The minimum Gasteiger partial charge on any atom is -0.504 e. The number of halogens is 1. The van der Waals surface area contributed by atoms with E-state index in [1.807, 2.05) is 0 Å². The number of hydrogen-bond acceptors (Lipinski definition) is 5.